The number of nitrogens with one attached hydrogen (secondary N) is 1. The molecule has 5 heteroatoms. The summed E-state index contributed by atoms with van der Waals surface area (Å²) in [7, 11) is 0. The maximum absolute atomic E-state index is 12.2. The minimum Gasteiger partial charge on any atom is -0.376 e. The molecule has 0 spiro atoms. The molecule has 130 valence electrons. The van der Waals surface area contributed by atoms with Crippen LogP contribution in [0.2, 0.25) is 0 Å². The summed E-state index contributed by atoms with van der Waals surface area (Å²) < 4.78 is 6.02. The van der Waals surface area contributed by atoms with Gasteiger partial charge in [0.1, 0.15) is 0 Å². The highest BCUT2D eigenvalue weighted by atomic mass is 16.5. The van der Waals surface area contributed by atoms with Crippen molar-refractivity contribution in [2.24, 2.45) is 17.8 Å². The summed E-state index contributed by atoms with van der Waals surface area (Å²) in [6.07, 6.45) is 9.28. The molecule has 3 aliphatic rings. The molecule has 2 saturated heterocycles. The Morgan fingerprint density at radius 3 is 3.00 bits per heavy atom. The zero-order valence-electron chi connectivity index (χ0n) is 14.2. The lowest BCUT2D eigenvalue weighted by atomic mass is 9.93. The fraction of sp³-hybridized carbons (Fsp3) is 0.684. The Bertz CT molecular complexity index is 559. The number of fused-ring (bicyclic) bond motifs is 1. The molecule has 2 aliphatic heterocycles. The molecule has 0 bridgehead atoms. The van der Waals surface area contributed by atoms with Gasteiger partial charge in [-0.05, 0) is 30.9 Å². The molecule has 1 aromatic heterocycles. The highest BCUT2D eigenvalue weighted by Gasteiger charge is 2.44. The molecule has 3 atom stereocenters. The van der Waals surface area contributed by atoms with Gasteiger partial charge in [0.25, 0.3) is 5.91 Å². The smallest absolute Gasteiger partial charge is 0.252 e. The summed E-state index contributed by atoms with van der Waals surface area (Å²) in [6, 6.07) is 3.59. The van der Waals surface area contributed by atoms with E-state index in [0.29, 0.717) is 30.0 Å². The number of nitrogens with zero attached hydrogens (tertiary/aromatic N) is 2. The van der Waals surface area contributed by atoms with E-state index >= 15 is 0 Å². The van der Waals surface area contributed by atoms with Crippen LogP contribution in [0, 0.1) is 17.8 Å². The van der Waals surface area contributed by atoms with Gasteiger partial charge in [-0.2, -0.15) is 0 Å². The molecular formula is C19H27N3O2. The van der Waals surface area contributed by atoms with Gasteiger partial charge < -0.3 is 15.0 Å². The van der Waals surface area contributed by atoms with Gasteiger partial charge in [-0.15, -0.1) is 0 Å². The third kappa shape index (κ3) is 3.47. The Balaban J connectivity index is 1.27. The van der Waals surface area contributed by atoms with E-state index in [1.807, 2.05) is 0 Å². The number of carbonyl (C=O) groups is 1. The standard InChI is InChI=1S/C19H27N3O2/c23-19(15-6-3-7-20-8-15)21-9-16-13-24-18-12-22(11-17(16)18)10-14-4-1-2-5-14/h3,6-8,14,16-18H,1-2,4-5,9-13H2,(H,21,23)/t16-,17+,18+/m1/s1. The molecule has 3 heterocycles. The number of hydrogen-bond acceptors (Lipinski definition) is 4. The van der Waals surface area contributed by atoms with Crippen LogP contribution in [-0.2, 0) is 4.74 Å². The summed E-state index contributed by atoms with van der Waals surface area (Å²) in [5, 5.41) is 3.06. The van der Waals surface area contributed by atoms with Crippen LogP contribution < -0.4 is 5.32 Å². The van der Waals surface area contributed by atoms with Gasteiger partial charge in [-0.1, -0.05) is 12.8 Å². The van der Waals surface area contributed by atoms with Crippen molar-refractivity contribution in [3.63, 3.8) is 0 Å². The van der Waals surface area contributed by atoms with Gasteiger partial charge >= 0.3 is 0 Å². The highest BCUT2D eigenvalue weighted by Crippen LogP contribution is 2.35. The normalized spacial score (nSPS) is 30.6. The van der Waals surface area contributed by atoms with Crippen LogP contribution in [0.3, 0.4) is 0 Å². The quantitative estimate of drug-likeness (QED) is 0.897. The van der Waals surface area contributed by atoms with E-state index in [1.165, 1.54) is 32.2 Å². The average molecular weight is 329 g/mol. The highest BCUT2D eigenvalue weighted by molar-refractivity contribution is 5.93. The third-order valence-electron chi connectivity index (χ3n) is 5.95. The molecule has 0 aromatic carbocycles. The van der Waals surface area contributed by atoms with E-state index in [-0.39, 0.29) is 5.91 Å². The average Bonchev–Trinajstić information content (AvgIpc) is 3.32. The van der Waals surface area contributed by atoms with Crippen molar-refractivity contribution in [3.05, 3.63) is 30.1 Å². The largest absolute Gasteiger partial charge is 0.376 e. The fourth-order valence-corrected chi connectivity index (χ4v) is 4.62. The molecule has 1 aliphatic carbocycles. The van der Waals surface area contributed by atoms with E-state index in [2.05, 4.69) is 15.2 Å². The number of pyridine rings is 1. The summed E-state index contributed by atoms with van der Waals surface area (Å²) in [5.41, 5.74) is 0.627. The number of rotatable bonds is 5. The monoisotopic (exact) mass is 329 g/mol. The van der Waals surface area contributed by atoms with Gasteiger partial charge in [0, 0.05) is 50.4 Å². The first-order chi connectivity index (χ1) is 11.8. The Labute approximate surface area is 143 Å². The predicted molar refractivity (Wildman–Crippen MR) is 91.7 cm³/mol. The molecule has 1 amide bonds. The minimum atomic E-state index is -0.0349. The molecule has 0 unspecified atom stereocenters. The van der Waals surface area contributed by atoms with E-state index in [1.54, 1.807) is 24.5 Å². The Hall–Kier alpha value is -1.46. The second-order valence-corrected chi connectivity index (χ2v) is 7.62. The molecular weight excluding hydrogens is 302 g/mol. The molecule has 1 aromatic rings. The number of amides is 1. The Morgan fingerprint density at radius 1 is 1.33 bits per heavy atom. The first-order valence-corrected chi connectivity index (χ1v) is 9.32. The topological polar surface area (TPSA) is 54.5 Å². The maximum atomic E-state index is 12.2. The van der Waals surface area contributed by atoms with E-state index < -0.39 is 0 Å². The molecule has 5 nitrogen and oxygen atoms in total. The Morgan fingerprint density at radius 2 is 2.21 bits per heavy atom. The number of aromatic nitrogens is 1. The van der Waals surface area contributed by atoms with Crippen LogP contribution in [0.15, 0.2) is 24.5 Å². The van der Waals surface area contributed by atoms with Gasteiger partial charge in [-0.3, -0.25) is 9.78 Å². The van der Waals surface area contributed by atoms with E-state index in [4.69, 9.17) is 4.74 Å². The fourth-order valence-electron chi connectivity index (χ4n) is 4.62. The van der Waals surface area contributed by atoms with Gasteiger partial charge in [0.15, 0.2) is 0 Å². The molecule has 1 saturated carbocycles. The Kier molecular flexibility index (Phi) is 4.81. The van der Waals surface area contributed by atoms with Crippen molar-refractivity contribution in [1.29, 1.82) is 0 Å². The predicted octanol–water partition coefficient (Wildman–Crippen LogP) is 1.95. The van der Waals surface area contributed by atoms with Crippen molar-refractivity contribution in [2.45, 2.75) is 31.8 Å². The SMILES string of the molecule is O=C(NC[C@@H]1CO[C@H]2CN(CC3CCCC3)C[C@@H]12)c1cccnc1. The lowest BCUT2D eigenvalue weighted by Gasteiger charge is -2.22. The van der Waals surface area contributed by atoms with Crippen LogP contribution in [-0.4, -0.2) is 54.7 Å². The van der Waals surface area contributed by atoms with Gasteiger partial charge in [0.05, 0.1) is 18.3 Å². The van der Waals surface area contributed by atoms with Crippen molar-refractivity contribution in [1.82, 2.24) is 15.2 Å². The zero-order chi connectivity index (χ0) is 16.4. The van der Waals surface area contributed by atoms with Crippen molar-refractivity contribution in [3.8, 4) is 0 Å². The van der Waals surface area contributed by atoms with Crippen molar-refractivity contribution >= 4 is 5.91 Å². The summed E-state index contributed by atoms with van der Waals surface area (Å²) in [6.45, 7) is 4.93. The van der Waals surface area contributed by atoms with Crippen molar-refractivity contribution < 1.29 is 9.53 Å². The van der Waals surface area contributed by atoms with Gasteiger partial charge in [0.2, 0.25) is 0 Å². The zero-order valence-corrected chi connectivity index (χ0v) is 14.2. The van der Waals surface area contributed by atoms with Crippen molar-refractivity contribution in [2.75, 3.05) is 32.8 Å². The molecule has 1 N–H and O–H groups in total. The maximum Gasteiger partial charge on any atom is 0.252 e. The number of hydrogen-bond donors (Lipinski definition) is 1. The first kappa shape index (κ1) is 16.0. The van der Waals surface area contributed by atoms with Gasteiger partial charge in [-0.25, -0.2) is 0 Å². The summed E-state index contributed by atoms with van der Waals surface area (Å²) in [5.74, 6) is 1.87. The van der Waals surface area contributed by atoms with Crippen LogP contribution in [0.5, 0.6) is 0 Å². The second-order valence-electron chi connectivity index (χ2n) is 7.62. The lowest BCUT2D eigenvalue weighted by molar-refractivity contribution is 0.0894. The summed E-state index contributed by atoms with van der Waals surface area (Å²) in [4.78, 5) is 18.8. The van der Waals surface area contributed by atoms with Crippen LogP contribution >= 0.6 is 0 Å². The van der Waals surface area contributed by atoms with E-state index in [9.17, 15) is 4.79 Å². The number of ether oxygens (including phenoxy) is 1. The molecule has 0 radical (unpaired) electrons. The molecule has 24 heavy (non-hydrogen) atoms. The van der Waals surface area contributed by atoms with E-state index in [0.717, 1.165) is 25.6 Å². The van der Waals surface area contributed by atoms with Crippen LogP contribution in [0.25, 0.3) is 0 Å². The second kappa shape index (κ2) is 7.19. The lowest BCUT2D eigenvalue weighted by Crippen LogP contribution is -2.34. The number of likely N-dealkylation sites (tertiary alicyclic amines) is 1. The van der Waals surface area contributed by atoms with Crippen LogP contribution in [0.4, 0.5) is 0 Å². The number of carbonyl (C=O) groups excluding carboxylic acids is 1. The molecule has 3 fully saturated rings. The van der Waals surface area contributed by atoms with Crippen LogP contribution in [0.1, 0.15) is 36.0 Å². The molecule has 4 rings (SSSR count). The first-order valence-electron chi connectivity index (χ1n) is 9.32. The summed E-state index contributed by atoms with van der Waals surface area (Å²) >= 11 is 0. The third-order valence-corrected chi connectivity index (χ3v) is 5.95. The minimum absolute atomic E-state index is 0.0349.